The summed E-state index contributed by atoms with van der Waals surface area (Å²) in [6.07, 6.45) is 1.91. The summed E-state index contributed by atoms with van der Waals surface area (Å²) in [6.45, 7) is 4.85. The number of nitrogens with zero attached hydrogens (tertiary/aromatic N) is 2. The molecule has 4 nitrogen and oxygen atoms in total. The fourth-order valence-electron chi connectivity index (χ4n) is 2.21. The maximum absolute atomic E-state index is 11.4. The van der Waals surface area contributed by atoms with Crippen molar-refractivity contribution < 1.29 is 4.21 Å². The van der Waals surface area contributed by atoms with Crippen molar-refractivity contribution in [3.63, 3.8) is 0 Å². The molecule has 0 fully saturated rings. The standard InChI is InChI=1S/C10H16BrN3OS/c1-10(2,16(12)15)6-7-3-4-14-8(7)5-9(11)13-14/h5,7H,3-4,6,12H2,1-2H3/t7-,16?/m0/s1. The van der Waals surface area contributed by atoms with Crippen molar-refractivity contribution in [1.82, 2.24) is 9.78 Å². The smallest absolute Gasteiger partial charge is 0.128 e. The third-order valence-electron chi connectivity index (χ3n) is 3.17. The second kappa shape index (κ2) is 4.23. The molecule has 1 unspecified atom stereocenters. The fraction of sp³-hybridized carbons (Fsp3) is 0.700. The summed E-state index contributed by atoms with van der Waals surface area (Å²) < 4.78 is 14.0. The largest absolute Gasteiger partial charge is 0.268 e. The van der Waals surface area contributed by atoms with E-state index in [1.54, 1.807) is 0 Å². The first kappa shape index (κ1) is 12.3. The molecular weight excluding hydrogens is 290 g/mol. The summed E-state index contributed by atoms with van der Waals surface area (Å²) in [4.78, 5) is 0. The van der Waals surface area contributed by atoms with Crippen molar-refractivity contribution in [2.75, 3.05) is 0 Å². The minimum absolute atomic E-state index is 0.337. The van der Waals surface area contributed by atoms with E-state index >= 15 is 0 Å². The molecule has 2 rings (SSSR count). The maximum Gasteiger partial charge on any atom is 0.128 e. The summed E-state index contributed by atoms with van der Waals surface area (Å²) >= 11 is 3.38. The van der Waals surface area contributed by atoms with Crippen molar-refractivity contribution >= 4 is 26.9 Å². The number of hydrogen-bond acceptors (Lipinski definition) is 2. The van der Waals surface area contributed by atoms with Gasteiger partial charge in [0.15, 0.2) is 0 Å². The average molecular weight is 306 g/mol. The van der Waals surface area contributed by atoms with Gasteiger partial charge in [0.25, 0.3) is 0 Å². The molecule has 90 valence electrons. The molecule has 0 bridgehead atoms. The number of nitrogens with two attached hydrogens (primary N) is 1. The van der Waals surface area contributed by atoms with Crippen LogP contribution < -0.4 is 5.14 Å². The van der Waals surface area contributed by atoms with Gasteiger partial charge in [-0.2, -0.15) is 5.10 Å². The van der Waals surface area contributed by atoms with Gasteiger partial charge < -0.3 is 0 Å². The lowest BCUT2D eigenvalue weighted by molar-refractivity contribution is 0.512. The van der Waals surface area contributed by atoms with Crippen molar-refractivity contribution in [2.24, 2.45) is 5.14 Å². The molecule has 1 aromatic heterocycles. The molecule has 0 saturated carbocycles. The fourth-order valence-corrected chi connectivity index (χ4v) is 3.01. The van der Waals surface area contributed by atoms with E-state index in [0.717, 1.165) is 24.0 Å². The van der Waals surface area contributed by atoms with Crippen LogP contribution in [0.4, 0.5) is 0 Å². The van der Waals surface area contributed by atoms with E-state index < -0.39 is 11.0 Å². The minimum atomic E-state index is -1.28. The average Bonchev–Trinajstić information content (AvgIpc) is 2.66. The highest BCUT2D eigenvalue weighted by Gasteiger charge is 2.33. The Morgan fingerprint density at radius 3 is 3.06 bits per heavy atom. The number of aromatic nitrogens is 2. The third-order valence-corrected chi connectivity index (χ3v) is 4.81. The van der Waals surface area contributed by atoms with Gasteiger partial charge in [-0.1, -0.05) is 0 Å². The Kier molecular flexibility index (Phi) is 3.25. The molecule has 2 heterocycles. The lowest BCUT2D eigenvalue weighted by Gasteiger charge is -2.24. The Balaban J connectivity index is 2.17. The van der Waals surface area contributed by atoms with Gasteiger partial charge in [0.1, 0.15) is 4.60 Å². The van der Waals surface area contributed by atoms with Crippen LogP contribution >= 0.6 is 15.9 Å². The van der Waals surface area contributed by atoms with Crippen LogP contribution in [0.25, 0.3) is 0 Å². The van der Waals surface area contributed by atoms with Crippen LogP contribution in [-0.4, -0.2) is 18.7 Å². The molecule has 2 N–H and O–H groups in total. The molecule has 16 heavy (non-hydrogen) atoms. The minimum Gasteiger partial charge on any atom is -0.268 e. The summed E-state index contributed by atoms with van der Waals surface area (Å²) in [7, 11) is -1.28. The summed E-state index contributed by atoms with van der Waals surface area (Å²) in [6, 6.07) is 2.05. The summed E-state index contributed by atoms with van der Waals surface area (Å²) in [5.41, 5.74) is 1.23. The number of aryl methyl sites for hydroxylation is 1. The van der Waals surface area contributed by atoms with Crippen LogP contribution in [0, 0.1) is 0 Å². The lowest BCUT2D eigenvalue weighted by atomic mass is 9.93. The van der Waals surface area contributed by atoms with Gasteiger partial charge in [-0.05, 0) is 48.7 Å². The molecule has 0 spiro atoms. The van der Waals surface area contributed by atoms with E-state index in [0.29, 0.717) is 5.92 Å². The van der Waals surface area contributed by atoms with Gasteiger partial charge in [0.2, 0.25) is 0 Å². The maximum atomic E-state index is 11.4. The van der Waals surface area contributed by atoms with Gasteiger partial charge in [-0.15, -0.1) is 0 Å². The monoisotopic (exact) mass is 305 g/mol. The van der Waals surface area contributed by atoms with Crippen molar-refractivity contribution in [3.05, 3.63) is 16.4 Å². The molecule has 0 aliphatic carbocycles. The Labute approximate surface area is 106 Å². The van der Waals surface area contributed by atoms with Gasteiger partial charge >= 0.3 is 0 Å². The van der Waals surface area contributed by atoms with Crippen molar-refractivity contribution in [1.29, 1.82) is 0 Å². The first-order chi connectivity index (χ1) is 7.40. The van der Waals surface area contributed by atoms with E-state index in [4.69, 9.17) is 5.14 Å². The predicted molar refractivity (Wildman–Crippen MR) is 68.3 cm³/mol. The van der Waals surface area contributed by atoms with E-state index in [9.17, 15) is 4.21 Å². The van der Waals surface area contributed by atoms with Gasteiger partial charge in [-0.3, -0.25) is 9.82 Å². The summed E-state index contributed by atoms with van der Waals surface area (Å²) in [5.74, 6) is 0.418. The highest BCUT2D eigenvalue weighted by atomic mass is 79.9. The van der Waals surface area contributed by atoms with Crippen LogP contribution in [0.5, 0.6) is 0 Å². The van der Waals surface area contributed by atoms with Gasteiger partial charge in [-0.25, -0.2) is 4.21 Å². The lowest BCUT2D eigenvalue weighted by Crippen LogP contribution is -2.33. The quantitative estimate of drug-likeness (QED) is 0.927. The van der Waals surface area contributed by atoms with E-state index in [1.807, 2.05) is 24.6 Å². The number of halogens is 1. The molecule has 2 atom stereocenters. The molecule has 0 radical (unpaired) electrons. The van der Waals surface area contributed by atoms with Crippen LogP contribution in [0.1, 0.15) is 38.3 Å². The van der Waals surface area contributed by atoms with Crippen molar-refractivity contribution in [3.8, 4) is 0 Å². The van der Waals surface area contributed by atoms with Crippen LogP contribution in [0.3, 0.4) is 0 Å². The molecule has 6 heteroatoms. The van der Waals surface area contributed by atoms with Gasteiger partial charge in [0.05, 0.1) is 15.7 Å². The molecule has 0 amide bonds. The van der Waals surface area contributed by atoms with E-state index in [1.165, 1.54) is 5.69 Å². The Morgan fingerprint density at radius 1 is 1.75 bits per heavy atom. The first-order valence-corrected chi connectivity index (χ1v) is 7.30. The highest BCUT2D eigenvalue weighted by molar-refractivity contribution is 9.10. The zero-order chi connectivity index (χ0) is 11.9. The Morgan fingerprint density at radius 2 is 2.44 bits per heavy atom. The van der Waals surface area contributed by atoms with Crippen LogP contribution in [0.15, 0.2) is 10.7 Å². The van der Waals surface area contributed by atoms with E-state index in [-0.39, 0.29) is 4.75 Å². The molecule has 1 aromatic rings. The van der Waals surface area contributed by atoms with Gasteiger partial charge in [0, 0.05) is 18.2 Å². The van der Waals surface area contributed by atoms with Crippen molar-refractivity contribution in [2.45, 2.75) is 43.9 Å². The second-order valence-corrected chi connectivity index (χ2v) is 7.37. The van der Waals surface area contributed by atoms with Crippen LogP contribution in [0.2, 0.25) is 0 Å². The summed E-state index contributed by atoms with van der Waals surface area (Å²) in [5, 5.41) is 9.86. The first-order valence-electron chi connectivity index (χ1n) is 5.29. The normalized spacial score (nSPS) is 22.1. The van der Waals surface area contributed by atoms with E-state index in [2.05, 4.69) is 21.0 Å². The molecular formula is C10H16BrN3OS. The second-order valence-electron chi connectivity index (χ2n) is 4.86. The SMILES string of the molecule is CC(C)(C[C@@H]1CCn2nc(Br)cc21)S(N)=O. The number of fused-ring (bicyclic) bond motifs is 1. The molecule has 0 aromatic carbocycles. The molecule has 0 saturated heterocycles. The topological polar surface area (TPSA) is 60.9 Å². The predicted octanol–water partition coefficient (Wildman–Crippen LogP) is 1.92. The third kappa shape index (κ3) is 2.24. The number of hydrogen-bond donors (Lipinski definition) is 1. The zero-order valence-corrected chi connectivity index (χ0v) is 11.8. The number of rotatable bonds is 3. The Hall–Kier alpha value is -0.200. The zero-order valence-electron chi connectivity index (χ0n) is 9.44. The molecule has 1 aliphatic rings. The molecule has 1 aliphatic heterocycles. The Bertz CT molecular complexity index is 430. The van der Waals surface area contributed by atoms with Crippen LogP contribution in [-0.2, 0) is 17.5 Å². The highest BCUT2D eigenvalue weighted by Crippen LogP contribution is 2.36.